The van der Waals surface area contributed by atoms with Gasteiger partial charge in [0.25, 0.3) is 0 Å². The predicted molar refractivity (Wildman–Crippen MR) is 76.5 cm³/mol. The van der Waals surface area contributed by atoms with E-state index in [9.17, 15) is 0 Å². The second-order valence-electron chi connectivity index (χ2n) is 7.07. The van der Waals surface area contributed by atoms with Crippen molar-refractivity contribution in [2.75, 3.05) is 6.54 Å². The van der Waals surface area contributed by atoms with Crippen LogP contribution in [0, 0.1) is 11.8 Å². The quantitative estimate of drug-likeness (QED) is 0.784. The first-order valence-electron chi connectivity index (χ1n) is 8.29. The maximum atomic E-state index is 6.46. The summed E-state index contributed by atoms with van der Waals surface area (Å²) in [5, 5.41) is 0. The molecule has 3 aliphatic rings. The van der Waals surface area contributed by atoms with Gasteiger partial charge in [0.2, 0.25) is 0 Å². The average molecular weight is 250 g/mol. The van der Waals surface area contributed by atoms with Crippen molar-refractivity contribution >= 4 is 0 Å². The molecule has 0 aliphatic heterocycles. The van der Waals surface area contributed by atoms with E-state index in [2.05, 4.69) is 11.8 Å². The van der Waals surface area contributed by atoms with Gasteiger partial charge in [0.1, 0.15) is 0 Å². The first kappa shape index (κ1) is 12.9. The zero-order chi connectivity index (χ0) is 12.5. The summed E-state index contributed by atoms with van der Waals surface area (Å²) in [6.07, 6.45) is 12.6. The predicted octanol–water partition coefficient (Wildman–Crippen LogP) is 3.16. The molecule has 3 rings (SSSR count). The summed E-state index contributed by atoms with van der Waals surface area (Å²) >= 11 is 0. The van der Waals surface area contributed by atoms with Crippen molar-refractivity contribution in [2.24, 2.45) is 17.6 Å². The molecule has 0 aromatic carbocycles. The zero-order valence-electron chi connectivity index (χ0n) is 12.0. The molecule has 104 valence electrons. The van der Waals surface area contributed by atoms with Crippen molar-refractivity contribution in [3.05, 3.63) is 0 Å². The molecule has 0 bridgehead atoms. The molecule has 3 atom stereocenters. The van der Waals surface area contributed by atoms with E-state index in [1.165, 1.54) is 64.3 Å². The van der Waals surface area contributed by atoms with Crippen LogP contribution in [0.4, 0.5) is 0 Å². The van der Waals surface area contributed by atoms with Crippen LogP contribution in [0.2, 0.25) is 0 Å². The monoisotopic (exact) mass is 250 g/mol. The second-order valence-corrected chi connectivity index (χ2v) is 7.07. The van der Waals surface area contributed by atoms with Crippen LogP contribution in [0.5, 0.6) is 0 Å². The van der Waals surface area contributed by atoms with E-state index in [0.29, 0.717) is 12.1 Å². The molecule has 2 heteroatoms. The molecule has 0 amide bonds. The highest BCUT2D eigenvalue weighted by Crippen LogP contribution is 2.40. The first-order valence-corrected chi connectivity index (χ1v) is 8.29. The summed E-state index contributed by atoms with van der Waals surface area (Å²) in [5.74, 6) is 1.98. The molecule has 3 saturated carbocycles. The Bertz CT molecular complexity index is 270. The Labute approximate surface area is 112 Å². The molecular weight excluding hydrogens is 220 g/mol. The number of nitrogens with two attached hydrogens (primary N) is 1. The second kappa shape index (κ2) is 5.50. The minimum Gasteiger partial charge on any atom is -0.326 e. The topological polar surface area (TPSA) is 29.3 Å². The smallest absolute Gasteiger partial charge is 0.0252 e. The van der Waals surface area contributed by atoms with E-state index in [1.54, 1.807) is 0 Å². The fraction of sp³-hybridized carbons (Fsp3) is 1.00. The Morgan fingerprint density at radius 3 is 2.33 bits per heavy atom. The summed E-state index contributed by atoms with van der Waals surface area (Å²) in [6, 6.07) is 2.07. The third-order valence-corrected chi connectivity index (χ3v) is 5.28. The van der Waals surface area contributed by atoms with Crippen molar-refractivity contribution in [1.82, 2.24) is 4.90 Å². The van der Waals surface area contributed by atoms with Gasteiger partial charge in [0, 0.05) is 24.7 Å². The van der Waals surface area contributed by atoms with Crippen LogP contribution < -0.4 is 5.73 Å². The summed E-state index contributed by atoms with van der Waals surface area (Å²) in [6.45, 7) is 3.69. The molecule has 18 heavy (non-hydrogen) atoms. The lowest BCUT2D eigenvalue weighted by molar-refractivity contribution is 0.0964. The van der Waals surface area contributed by atoms with Crippen LogP contribution in [0.3, 0.4) is 0 Å². The summed E-state index contributed by atoms with van der Waals surface area (Å²) in [5.41, 5.74) is 6.46. The first-order chi connectivity index (χ1) is 8.78. The van der Waals surface area contributed by atoms with Crippen LogP contribution in [0.25, 0.3) is 0 Å². The van der Waals surface area contributed by atoms with Crippen molar-refractivity contribution in [2.45, 2.75) is 82.8 Å². The van der Waals surface area contributed by atoms with E-state index >= 15 is 0 Å². The Morgan fingerprint density at radius 1 is 1.00 bits per heavy atom. The molecule has 0 spiro atoms. The van der Waals surface area contributed by atoms with Gasteiger partial charge in [-0.15, -0.1) is 0 Å². The van der Waals surface area contributed by atoms with Crippen molar-refractivity contribution in [3.63, 3.8) is 0 Å². The minimum atomic E-state index is 0.456. The summed E-state index contributed by atoms with van der Waals surface area (Å²) in [7, 11) is 0. The SMILES string of the molecule is CCCC1CCC(N)C(N(CC2CC2)C2CC2)C1. The van der Waals surface area contributed by atoms with Crippen LogP contribution in [0.1, 0.15) is 64.7 Å². The van der Waals surface area contributed by atoms with Gasteiger partial charge in [0.05, 0.1) is 0 Å². The molecule has 0 aromatic rings. The van der Waals surface area contributed by atoms with Gasteiger partial charge in [-0.2, -0.15) is 0 Å². The normalized spacial score (nSPS) is 37.2. The van der Waals surface area contributed by atoms with E-state index in [-0.39, 0.29) is 0 Å². The maximum Gasteiger partial charge on any atom is 0.0252 e. The van der Waals surface area contributed by atoms with Gasteiger partial charge in [-0.1, -0.05) is 19.8 Å². The zero-order valence-corrected chi connectivity index (χ0v) is 12.0. The highest BCUT2D eigenvalue weighted by atomic mass is 15.2. The Kier molecular flexibility index (Phi) is 3.95. The number of nitrogens with zero attached hydrogens (tertiary/aromatic N) is 1. The molecule has 0 radical (unpaired) electrons. The van der Waals surface area contributed by atoms with Gasteiger partial charge in [-0.25, -0.2) is 0 Å². The third kappa shape index (κ3) is 3.08. The fourth-order valence-corrected chi connectivity index (χ4v) is 3.87. The highest BCUT2D eigenvalue weighted by molar-refractivity contribution is 4.97. The van der Waals surface area contributed by atoms with Gasteiger partial charge in [0.15, 0.2) is 0 Å². The van der Waals surface area contributed by atoms with Gasteiger partial charge in [-0.05, 0) is 56.8 Å². The Hall–Kier alpha value is -0.0800. The fourth-order valence-electron chi connectivity index (χ4n) is 3.87. The standard InChI is InChI=1S/C16H30N2/c1-2-3-12-6-9-15(17)16(10-12)18(14-7-8-14)11-13-4-5-13/h12-16H,2-11,17H2,1H3. The molecule has 0 saturated heterocycles. The molecule has 3 fully saturated rings. The highest BCUT2D eigenvalue weighted by Gasteiger charge is 2.41. The lowest BCUT2D eigenvalue weighted by Crippen LogP contribution is -2.52. The molecule has 2 nitrogen and oxygen atoms in total. The van der Waals surface area contributed by atoms with Crippen LogP contribution >= 0.6 is 0 Å². The Morgan fingerprint density at radius 2 is 1.72 bits per heavy atom. The van der Waals surface area contributed by atoms with Gasteiger partial charge >= 0.3 is 0 Å². The maximum absolute atomic E-state index is 6.46. The van der Waals surface area contributed by atoms with E-state index in [1.807, 2.05) is 0 Å². The van der Waals surface area contributed by atoms with E-state index < -0.39 is 0 Å². The molecule has 0 aromatic heterocycles. The summed E-state index contributed by atoms with van der Waals surface area (Å²) in [4.78, 5) is 2.84. The van der Waals surface area contributed by atoms with Gasteiger partial charge in [-0.3, -0.25) is 4.90 Å². The largest absolute Gasteiger partial charge is 0.326 e. The van der Waals surface area contributed by atoms with Crippen LogP contribution in [0.15, 0.2) is 0 Å². The summed E-state index contributed by atoms with van der Waals surface area (Å²) < 4.78 is 0. The van der Waals surface area contributed by atoms with Crippen molar-refractivity contribution < 1.29 is 0 Å². The molecular formula is C16H30N2. The van der Waals surface area contributed by atoms with Crippen LogP contribution in [-0.2, 0) is 0 Å². The Balaban J connectivity index is 1.61. The number of hydrogen-bond acceptors (Lipinski definition) is 2. The van der Waals surface area contributed by atoms with Crippen molar-refractivity contribution in [1.29, 1.82) is 0 Å². The van der Waals surface area contributed by atoms with Crippen molar-refractivity contribution in [3.8, 4) is 0 Å². The molecule has 2 N–H and O–H groups in total. The van der Waals surface area contributed by atoms with E-state index in [4.69, 9.17) is 5.73 Å². The van der Waals surface area contributed by atoms with E-state index in [0.717, 1.165) is 17.9 Å². The lowest BCUT2D eigenvalue weighted by atomic mass is 9.79. The third-order valence-electron chi connectivity index (χ3n) is 5.28. The van der Waals surface area contributed by atoms with Crippen LogP contribution in [-0.4, -0.2) is 29.6 Å². The molecule has 3 unspecified atom stereocenters. The lowest BCUT2D eigenvalue weighted by Gasteiger charge is -2.42. The van der Waals surface area contributed by atoms with Gasteiger partial charge < -0.3 is 5.73 Å². The average Bonchev–Trinajstić information content (AvgIpc) is 3.23. The number of rotatable bonds is 6. The molecule has 0 heterocycles. The minimum absolute atomic E-state index is 0.456. The molecule has 3 aliphatic carbocycles. The number of hydrogen-bond donors (Lipinski definition) is 1.